The Morgan fingerprint density at radius 1 is 1.00 bits per heavy atom. The number of benzene rings is 2. The Labute approximate surface area is 114 Å². The van der Waals surface area contributed by atoms with Crippen LogP contribution in [0.25, 0.3) is 21.9 Å². The van der Waals surface area contributed by atoms with E-state index in [1.807, 2.05) is 30.3 Å². The second-order valence-corrected chi connectivity index (χ2v) is 4.41. The summed E-state index contributed by atoms with van der Waals surface area (Å²) in [6.45, 7) is 0. The predicted molar refractivity (Wildman–Crippen MR) is 78.2 cm³/mol. The SMILES string of the molecule is Nc1ccc(-c2cccc3c([N+](=O)[O-])nccc23)cc1. The van der Waals surface area contributed by atoms with Crippen molar-refractivity contribution in [2.75, 3.05) is 5.73 Å². The van der Waals surface area contributed by atoms with Crippen molar-refractivity contribution in [3.05, 3.63) is 64.8 Å². The molecule has 0 spiro atoms. The Morgan fingerprint density at radius 2 is 1.75 bits per heavy atom. The van der Waals surface area contributed by atoms with Gasteiger partial charge in [0.05, 0.1) is 5.39 Å². The van der Waals surface area contributed by atoms with E-state index in [1.54, 1.807) is 18.2 Å². The highest BCUT2D eigenvalue weighted by atomic mass is 16.6. The molecule has 0 unspecified atom stereocenters. The average molecular weight is 265 g/mol. The molecule has 5 nitrogen and oxygen atoms in total. The first-order chi connectivity index (χ1) is 9.66. The predicted octanol–water partition coefficient (Wildman–Crippen LogP) is 3.39. The van der Waals surface area contributed by atoms with Crippen molar-refractivity contribution in [1.82, 2.24) is 4.98 Å². The van der Waals surface area contributed by atoms with Crippen LogP contribution in [0.4, 0.5) is 11.5 Å². The molecule has 98 valence electrons. The van der Waals surface area contributed by atoms with E-state index in [4.69, 9.17) is 5.73 Å². The van der Waals surface area contributed by atoms with Crippen LogP contribution >= 0.6 is 0 Å². The average Bonchev–Trinajstić information content (AvgIpc) is 2.47. The summed E-state index contributed by atoms with van der Waals surface area (Å²) in [5.41, 5.74) is 8.25. The highest BCUT2D eigenvalue weighted by Crippen LogP contribution is 2.32. The molecule has 0 aliphatic heterocycles. The van der Waals surface area contributed by atoms with Gasteiger partial charge in [0, 0.05) is 11.1 Å². The molecule has 0 aliphatic rings. The van der Waals surface area contributed by atoms with Crippen LogP contribution < -0.4 is 5.73 Å². The summed E-state index contributed by atoms with van der Waals surface area (Å²) in [4.78, 5) is 14.4. The lowest BCUT2D eigenvalue weighted by atomic mass is 9.99. The molecule has 0 fully saturated rings. The molecule has 0 bridgehead atoms. The van der Waals surface area contributed by atoms with E-state index in [0.717, 1.165) is 16.5 Å². The molecule has 2 aromatic carbocycles. The molecule has 3 aromatic rings. The van der Waals surface area contributed by atoms with Crippen molar-refractivity contribution in [1.29, 1.82) is 0 Å². The maximum atomic E-state index is 11.0. The smallest absolute Gasteiger partial charge is 0.371 e. The van der Waals surface area contributed by atoms with Gasteiger partial charge in [0.25, 0.3) is 0 Å². The van der Waals surface area contributed by atoms with Crippen molar-refractivity contribution in [3.8, 4) is 11.1 Å². The standard InChI is InChI=1S/C15H11N3O2/c16-11-6-4-10(5-7-11)12-2-1-3-14-13(12)8-9-17-15(14)18(19)20/h1-9H,16H2. The largest absolute Gasteiger partial charge is 0.399 e. The Kier molecular flexibility index (Phi) is 2.80. The molecule has 0 radical (unpaired) electrons. The maximum absolute atomic E-state index is 11.0. The van der Waals surface area contributed by atoms with Gasteiger partial charge >= 0.3 is 5.82 Å². The molecule has 0 saturated carbocycles. The van der Waals surface area contributed by atoms with E-state index in [1.165, 1.54) is 6.20 Å². The van der Waals surface area contributed by atoms with Gasteiger partial charge in [-0.25, -0.2) is 0 Å². The molecule has 5 heteroatoms. The lowest BCUT2D eigenvalue weighted by Gasteiger charge is -2.07. The van der Waals surface area contributed by atoms with E-state index >= 15 is 0 Å². The molecule has 0 aliphatic carbocycles. The van der Waals surface area contributed by atoms with Gasteiger partial charge < -0.3 is 15.8 Å². The first-order valence-corrected chi connectivity index (χ1v) is 6.05. The quantitative estimate of drug-likeness (QED) is 0.437. The summed E-state index contributed by atoms with van der Waals surface area (Å²) in [6, 6.07) is 14.6. The van der Waals surface area contributed by atoms with Crippen LogP contribution in [0.1, 0.15) is 0 Å². The minimum absolute atomic E-state index is 0.125. The summed E-state index contributed by atoms with van der Waals surface area (Å²) in [7, 11) is 0. The second kappa shape index (κ2) is 4.62. The monoisotopic (exact) mass is 265 g/mol. The highest BCUT2D eigenvalue weighted by Gasteiger charge is 2.14. The minimum atomic E-state index is -0.463. The number of nitrogen functional groups attached to an aromatic ring is 1. The van der Waals surface area contributed by atoms with Gasteiger partial charge in [-0.2, -0.15) is 0 Å². The summed E-state index contributed by atoms with van der Waals surface area (Å²) in [6.07, 6.45) is 1.46. The summed E-state index contributed by atoms with van der Waals surface area (Å²) < 4.78 is 0. The van der Waals surface area contributed by atoms with Crippen LogP contribution in [0.15, 0.2) is 54.7 Å². The zero-order valence-corrected chi connectivity index (χ0v) is 10.5. The minimum Gasteiger partial charge on any atom is -0.399 e. The molecule has 1 aromatic heterocycles. The van der Waals surface area contributed by atoms with Crippen LogP contribution in [0.2, 0.25) is 0 Å². The molecule has 0 saturated heterocycles. The van der Waals surface area contributed by atoms with Gasteiger partial charge in [0.1, 0.15) is 6.20 Å². The zero-order chi connectivity index (χ0) is 14.1. The summed E-state index contributed by atoms with van der Waals surface area (Å²) in [5.74, 6) is -0.125. The number of hydrogen-bond acceptors (Lipinski definition) is 4. The van der Waals surface area contributed by atoms with Crippen molar-refractivity contribution >= 4 is 22.3 Å². The van der Waals surface area contributed by atoms with Gasteiger partial charge in [-0.1, -0.05) is 24.3 Å². The fraction of sp³-hybridized carbons (Fsp3) is 0. The molecular formula is C15H11N3O2. The number of aromatic nitrogens is 1. The number of nitrogens with zero attached hydrogens (tertiary/aromatic N) is 2. The zero-order valence-electron chi connectivity index (χ0n) is 10.5. The third-order valence-electron chi connectivity index (χ3n) is 3.18. The maximum Gasteiger partial charge on any atom is 0.371 e. The van der Waals surface area contributed by atoms with Gasteiger partial charge in [0.15, 0.2) is 0 Å². The lowest BCUT2D eigenvalue weighted by molar-refractivity contribution is -0.387. The third-order valence-corrected chi connectivity index (χ3v) is 3.18. The summed E-state index contributed by atoms with van der Waals surface area (Å²) in [5, 5.41) is 12.4. The van der Waals surface area contributed by atoms with Crippen LogP contribution in [0.5, 0.6) is 0 Å². The van der Waals surface area contributed by atoms with E-state index in [2.05, 4.69) is 4.98 Å². The molecule has 0 atom stereocenters. The molecule has 1 heterocycles. The number of fused-ring (bicyclic) bond motifs is 1. The highest BCUT2D eigenvalue weighted by molar-refractivity contribution is 6.00. The molecule has 2 N–H and O–H groups in total. The first-order valence-electron chi connectivity index (χ1n) is 6.05. The van der Waals surface area contributed by atoms with Crippen molar-refractivity contribution < 1.29 is 4.92 Å². The van der Waals surface area contributed by atoms with Crippen LogP contribution in [-0.4, -0.2) is 9.91 Å². The normalized spacial score (nSPS) is 10.6. The Bertz CT molecular complexity index is 798. The summed E-state index contributed by atoms with van der Waals surface area (Å²) >= 11 is 0. The number of pyridine rings is 1. The van der Waals surface area contributed by atoms with E-state index in [9.17, 15) is 10.1 Å². The fourth-order valence-corrected chi connectivity index (χ4v) is 2.25. The molecule has 3 rings (SSSR count). The van der Waals surface area contributed by atoms with Gasteiger partial charge in [-0.05, 0) is 45.3 Å². The number of hydrogen-bond donors (Lipinski definition) is 1. The molecule has 0 amide bonds. The second-order valence-electron chi connectivity index (χ2n) is 4.41. The third kappa shape index (κ3) is 1.95. The topological polar surface area (TPSA) is 82.0 Å². The number of anilines is 1. The van der Waals surface area contributed by atoms with Gasteiger partial charge in [-0.3, -0.25) is 0 Å². The van der Waals surface area contributed by atoms with E-state index in [0.29, 0.717) is 11.1 Å². The van der Waals surface area contributed by atoms with E-state index < -0.39 is 4.92 Å². The van der Waals surface area contributed by atoms with E-state index in [-0.39, 0.29) is 5.82 Å². The molecule has 20 heavy (non-hydrogen) atoms. The van der Waals surface area contributed by atoms with Gasteiger partial charge in [0.2, 0.25) is 0 Å². The molecular weight excluding hydrogens is 254 g/mol. The van der Waals surface area contributed by atoms with Crippen LogP contribution in [0.3, 0.4) is 0 Å². The Balaban J connectivity index is 2.30. The van der Waals surface area contributed by atoms with Crippen LogP contribution in [0, 0.1) is 10.1 Å². The van der Waals surface area contributed by atoms with Gasteiger partial charge in [-0.15, -0.1) is 0 Å². The Hall–Kier alpha value is -2.95. The number of rotatable bonds is 2. The lowest BCUT2D eigenvalue weighted by Crippen LogP contribution is -1.93. The van der Waals surface area contributed by atoms with Crippen molar-refractivity contribution in [2.24, 2.45) is 0 Å². The van der Waals surface area contributed by atoms with Crippen molar-refractivity contribution in [2.45, 2.75) is 0 Å². The van der Waals surface area contributed by atoms with Crippen molar-refractivity contribution in [3.63, 3.8) is 0 Å². The van der Waals surface area contributed by atoms with Crippen LogP contribution in [-0.2, 0) is 0 Å². The number of nitro groups is 1. The first kappa shape index (κ1) is 12.1. The number of nitrogens with two attached hydrogens (primary N) is 1. The Morgan fingerprint density at radius 3 is 2.45 bits per heavy atom. The fourth-order valence-electron chi connectivity index (χ4n) is 2.25.